The zero-order chi connectivity index (χ0) is 19.3. The fourth-order valence-electron chi connectivity index (χ4n) is 2.86. The lowest BCUT2D eigenvalue weighted by Crippen LogP contribution is -2.28. The molecule has 1 aromatic heterocycles. The van der Waals surface area contributed by atoms with Gasteiger partial charge in [-0.2, -0.15) is 0 Å². The van der Waals surface area contributed by atoms with Crippen LogP contribution in [0.4, 0.5) is 0 Å². The van der Waals surface area contributed by atoms with Crippen LogP contribution in [-0.2, 0) is 4.79 Å². The summed E-state index contributed by atoms with van der Waals surface area (Å²) < 4.78 is 11.1. The standard InChI is InChI=1S/C20H20N4O3S/c1-13(15-7-8-16-17(11-15)27-10-9-26-16)21-18(25)12-28-20-22-19(23-24-20)14-5-3-2-4-6-14/h2-8,11,13H,9-10,12H2,1H3,(H,21,25)(H,22,23,24)/t13-/m0/s1. The van der Waals surface area contributed by atoms with Crippen LogP contribution in [0.1, 0.15) is 18.5 Å². The first kappa shape index (κ1) is 18.4. The molecule has 1 atom stereocenters. The topological polar surface area (TPSA) is 89.1 Å². The van der Waals surface area contributed by atoms with Gasteiger partial charge in [0.25, 0.3) is 0 Å². The van der Waals surface area contributed by atoms with Gasteiger partial charge in [-0.3, -0.25) is 9.89 Å². The lowest BCUT2D eigenvalue weighted by Gasteiger charge is -2.21. The Labute approximate surface area is 166 Å². The number of thioether (sulfide) groups is 1. The lowest BCUT2D eigenvalue weighted by atomic mass is 10.1. The van der Waals surface area contributed by atoms with Crippen molar-refractivity contribution in [2.45, 2.75) is 18.1 Å². The van der Waals surface area contributed by atoms with Gasteiger partial charge in [0, 0.05) is 5.56 Å². The molecule has 1 aliphatic heterocycles. The molecule has 0 unspecified atom stereocenters. The molecule has 0 bridgehead atoms. The minimum atomic E-state index is -0.143. The Hall–Kier alpha value is -3.00. The van der Waals surface area contributed by atoms with Gasteiger partial charge in [0.2, 0.25) is 11.1 Å². The van der Waals surface area contributed by atoms with Crippen molar-refractivity contribution < 1.29 is 14.3 Å². The number of rotatable bonds is 6. The number of aromatic amines is 1. The zero-order valence-corrected chi connectivity index (χ0v) is 16.2. The molecule has 0 radical (unpaired) electrons. The molecule has 0 aliphatic carbocycles. The quantitative estimate of drug-likeness (QED) is 0.622. The summed E-state index contributed by atoms with van der Waals surface area (Å²) in [7, 11) is 0. The van der Waals surface area contributed by atoms with E-state index >= 15 is 0 Å². The maximum atomic E-state index is 12.3. The normalized spacial score (nSPS) is 13.8. The summed E-state index contributed by atoms with van der Waals surface area (Å²) in [6, 6.07) is 15.3. The number of ether oxygens (including phenoxy) is 2. The molecule has 4 rings (SSSR count). The van der Waals surface area contributed by atoms with E-state index in [-0.39, 0.29) is 17.7 Å². The van der Waals surface area contributed by atoms with E-state index in [9.17, 15) is 4.79 Å². The smallest absolute Gasteiger partial charge is 0.230 e. The summed E-state index contributed by atoms with van der Waals surface area (Å²) in [5, 5.41) is 10.6. The number of fused-ring (bicyclic) bond motifs is 1. The summed E-state index contributed by atoms with van der Waals surface area (Å²) in [6.07, 6.45) is 0. The Morgan fingerprint density at radius 1 is 1.18 bits per heavy atom. The van der Waals surface area contributed by atoms with Crippen molar-refractivity contribution in [3.63, 3.8) is 0 Å². The Morgan fingerprint density at radius 2 is 1.96 bits per heavy atom. The highest BCUT2D eigenvalue weighted by Crippen LogP contribution is 2.32. The summed E-state index contributed by atoms with van der Waals surface area (Å²) in [6.45, 7) is 3.03. The molecule has 2 N–H and O–H groups in total. The summed E-state index contributed by atoms with van der Waals surface area (Å²) >= 11 is 1.29. The van der Waals surface area contributed by atoms with Gasteiger partial charge in [-0.05, 0) is 24.6 Å². The number of carbonyl (C=O) groups is 1. The second kappa shape index (κ2) is 8.35. The van der Waals surface area contributed by atoms with Gasteiger partial charge in [0.05, 0.1) is 11.8 Å². The van der Waals surface area contributed by atoms with Gasteiger partial charge in [-0.15, -0.1) is 5.10 Å². The second-order valence-corrected chi connectivity index (χ2v) is 7.26. The van der Waals surface area contributed by atoms with E-state index in [4.69, 9.17) is 9.47 Å². The number of aromatic nitrogens is 3. The molecule has 28 heavy (non-hydrogen) atoms. The van der Waals surface area contributed by atoms with Crippen LogP contribution in [0.3, 0.4) is 0 Å². The molecule has 1 amide bonds. The van der Waals surface area contributed by atoms with Gasteiger partial charge in [0.1, 0.15) is 13.2 Å². The molecule has 7 nitrogen and oxygen atoms in total. The molecule has 2 aromatic carbocycles. The van der Waals surface area contributed by atoms with Crippen molar-refractivity contribution >= 4 is 17.7 Å². The minimum Gasteiger partial charge on any atom is -0.486 e. The fraction of sp³-hybridized carbons (Fsp3) is 0.250. The third-order valence-electron chi connectivity index (χ3n) is 4.29. The number of benzene rings is 2. The molecular weight excluding hydrogens is 376 g/mol. The van der Waals surface area contributed by atoms with Crippen molar-refractivity contribution in [2.75, 3.05) is 19.0 Å². The van der Waals surface area contributed by atoms with Crippen LogP contribution < -0.4 is 14.8 Å². The van der Waals surface area contributed by atoms with Crippen LogP contribution >= 0.6 is 11.8 Å². The molecule has 8 heteroatoms. The van der Waals surface area contributed by atoms with Crippen molar-refractivity contribution in [3.05, 3.63) is 54.1 Å². The number of H-pyrrole nitrogens is 1. The monoisotopic (exact) mass is 396 g/mol. The van der Waals surface area contributed by atoms with E-state index in [0.29, 0.717) is 29.9 Å². The second-order valence-electron chi connectivity index (χ2n) is 6.31. The fourth-order valence-corrected chi connectivity index (χ4v) is 3.47. The highest BCUT2D eigenvalue weighted by molar-refractivity contribution is 7.99. The average Bonchev–Trinajstić information content (AvgIpc) is 3.22. The summed E-state index contributed by atoms with van der Waals surface area (Å²) in [5.74, 6) is 2.30. The Balaban J connectivity index is 1.31. The van der Waals surface area contributed by atoms with Crippen LogP contribution in [0.25, 0.3) is 11.4 Å². The first-order valence-corrected chi connectivity index (χ1v) is 9.97. The van der Waals surface area contributed by atoms with E-state index in [1.807, 2.05) is 55.5 Å². The SMILES string of the molecule is C[C@H](NC(=O)CSc1n[nH]c(-c2ccccc2)n1)c1ccc2c(c1)OCCO2. The molecule has 2 heterocycles. The Kier molecular flexibility index (Phi) is 5.48. The van der Waals surface area contributed by atoms with E-state index in [1.165, 1.54) is 11.8 Å². The van der Waals surface area contributed by atoms with Gasteiger partial charge in [-0.25, -0.2) is 4.98 Å². The van der Waals surface area contributed by atoms with E-state index in [1.54, 1.807) is 0 Å². The molecule has 0 saturated heterocycles. The lowest BCUT2D eigenvalue weighted by molar-refractivity contribution is -0.119. The van der Waals surface area contributed by atoms with Crippen molar-refractivity contribution in [3.8, 4) is 22.9 Å². The number of carbonyl (C=O) groups excluding carboxylic acids is 1. The first-order valence-electron chi connectivity index (χ1n) is 8.98. The zero-order valence-electron chi connectivity index (χ0n) is 15.3. The molecule has 144 valence electrons. The number of amides is 1. The van der Waals surface area contributed by atoms with E-state index in [0.717, 1.165) is 16.9 Å². The molecule has 0 saturated carbocycles. The number of hydrogen-bond donors (Lipinski definition) is 2. The maximum absolute atomic E-state index is 12.3. The van der Waals surface area contributed by atoms with Crippen LogP contribution in [0.2, 0.25) is 0 Å². The van der Waals surface area contributed by atoms with Crippen LogP contribution in [0.5, 0.6) is 11.5 Å². The van der Waals surface area contributed by atoms with E-state index in [2.05, 4.69) is 20.5 Å². The predicted molar refractivity (Wildman–Crippen MR) is 107 cm³/mol. The van der Waals surface area contributed by atoms with Crippen LogP contribution in [-0.4, -0.2) is 40.1 Å². The molecule has 3 aromatic rings. The van der Waals surface area contributed by atoms with Gasteiger partial charge in [-0.1, -0.05) is 48.2 Å². The molecule has 0 spiro atoms. The number of nitrogens with one attached hydrogen (secondary N) is 2. The largest absolute Gasteiger partial charge is 0.486 e. The highest BCUT2D eigenvalue weighted by Gasteiger charge is 2.16. The number of hydrogen-bond acceptors (Lipinski definition) is 6. The Bertz CT molecular complexity index is 961. The predicted octanol–water partition coefficient (Wildman–Crippen LogP) is 3.21. The van der Waals surface area contributed by atoms with E-state index < -0.39 is 0 Å². The molecule has 1 aliphatic rings. The average molecular weight is 396 g/mol. The van der Waals surface area contributed by atoms with Crippen LogP contribution in [0.15, 0.2) is 53.7 Å². The maximum Gasteiger partial charge on any atom is 0.230 e. The highest BCUT2D eigenvalue weighted by atomic mass is 32.2. The minimum absolute atomic E-state index is 0.0848. The van der Waals surface area contributed by atoms with Crippen molar-refractivity contribution in [2.24, 2.45) is 0 Å². The molecule has 0 fully saturated rings. The Morgan fingerprint density at radius 3 is 2.79 bits per heavy atom. The van der Waals surface area contributed by atoms with Crippen molar-refractivity contribution in [1.82, 2.24) is 20.5 Å². The summed E-state index contributed by atoms with van der Waals surface area (Å²) in [5.41, 5.74) is 1.92. The summed E-state index contributed by atoms with van der Waals surface area (Å²) in [4.78, 5) is 16.7. The first-order chi connectivity index (χ1) is 13.7. The van der Waals surface area contributed by atoms with Gasteiger partial charge >= 0.3 is 0 Å². The van der Waals surface area contributed by atoms with Crippen LogP contribution in [0, 0.1) is 0 Å². The third-order valence-corrected chi connectivity index (χ3v) is 5.14. The van der Waals surface area contributed by atoms with Crippen molar-refractivity contribution in [1.29, 1.82) is 0 Å². The molecular formula is C20H20N4O3S. The third kappa shape index (κ3) is 4.28. The van der Waals surface area contributed by atoms with Gasteiger partial charge < -0.3 is 14.8 Å². The number of nitrogens with zero attached hydrogens (tertiary/aromatic N) is 2. The van der Waals surface area contributed by atoms with Gasteiger partial charge in [0.15, 0.2) is 17.3 Å².